The third-order valence-corrected chi connectivity index (χ3v) is 2.91. The first-order valence-corrected chi connectivity index (χ1v) is 5.75. The van der Waals surface area contributed by atoms with E-state index in [1.54, 1.807) is 4.57 Å². The highest BCUT2D eigenvalue weighted by atomic mass is 35.5. The Morgan fingerprint density at radius 1 is 1.25 bits per heavy atom. The minimum atomic E-state index is 0.337. The Morgan fingerprint density at radius 3 is 2.69 bits per heavy atom. The zero-order valence-corrected chi connectivity index (χ0v) is 10.5. The zero-order chi connectivity index (χ0) is 11.7. The zero-order valence-electron chi connectivity index (χ0n) is 9.04. The fraction of sp³-hybridized carbons (Fsp3) is 0.273. The van der Waals surface area contributed by atoms with E-state index in [2.05, 4.69) is 10.2 Å². The van der Waals surface area contributed by atoms with Crippen LogP contribution in [0.2, 0.25) is 10.3 Å². The molecular weight excluding hydrogens is 245 g/mol. The van der Waals surface area contributed by atoms with Gasteiger partial charge in [0.25, 0.3) is 0 Å². The van der Waals surface area contributed by atoms with Gasteiger partial charge in [-0.25, -0.2) is 0 Å². The average Bonchev–Trinajstić information content (AvgIpc) is 2.63. The molecule has 1 aromatic carbocycles. The largest absolute Gasteiger partial charge is 0.268 e. The molecule has 3 nitrogen and oxygen atoms in total. The molecule has 5 heteroatoms. The Labute approximate surface area is 104 Å². The van der Waals surface area contributed by atoms with E-state index >= 15 is 0 Å². The van der Waals surface area contributed by atoms with E-state index in [4.69, 9.17) is 23.2 Å². The van der Waals surface area contributed by atoms with Gasteiger partial charge in [-0.1, -0.05) is 24.6 Å². The van der Waals surface area contributed by atoms with E-state index in [0.29, 0.717) is 10.3 Å². The van der Waals surface area contributed by atoms with Crippen molar-refractivity contribution < 1.29 is 0 Å². The van der Waals surface area contributed by atoms with Crippen molar-refractivity contribution in [3.05, 3.63) is 39.9 Å². The number of rotatable bonds is 2. The number of hydrogen-bond donors (Lipinski definition) is 0. The second-order valence-electron chi connectivity index (χ2n) is 3.53. The molecule has 0 aliphatic heterocycles. The Hall–Kier alpha value is -1.06. The van der Waals surface area contributed by atoms with Crippen molar-refractivity contribution in [2.75, 3.05) is 0 Å². The number of halogens is 2. The van der Waals surface area contributed by atoms with Gasteiger partial charge in [0.15, 0.2) is 0 Å². The fourth-order valence-corrected chi connectivity index (χ4v) is 1.98. The Morgan fingerprint density at radius 2 is 2.00 bits per heavy atom. The summed E-state index contributed by atoms with van der Waals surface area (Å²) in [5.74, 6) is 0.803. The number of hydrogen-bond acceptors (Lipinski definition) is 2. The molecule has 0 unspecified atom stereocenters. The van der Waals surface area contributed by atoms with Gasteiger partial charge in [-0.05, 0) is 36.2 Å². The summed E-state index contributed by atoms with van der Waals surface area (Å²) in [7, 11) is 0. The van der Waals surface area contributed by atoms with Crippen LogP contribution in [0, 0.1) is 6.92 Å². The first-order valence-electron chi connectivity index (χ1n) is 4.99. The summed E-state index contributed by atoms with van der Waals surface area (Å²) in [5.41, 5.74) is 1.94. The molecule has 84 valence electrons. The molecule has 0 atom stereocenters. The molecule has 0 amide bonds. The molecule has 0 radical (unpaired) electrons. The van der Waals surface area contributed by atoms with Crippen molar-refractivity contribution in [3.63, 3.8) is 0 Å². The van der Waals surface area contributed by atoms with Gasteiger partial charge in [0, 0.05) is 6.42 Å². The molecular formula is C11H11Cl2N3. The first-order chi connectivity index (χ1) is 7.63. The monoisotopic (exact) mass is 255 g/mol. The van der Waals surface area contributed by atoms with E-state index in [-0.39, 0.29) is 0 Å². The molecule has 0 fully saturated rings. The van der Waals surface area contributed by atoms with Gasteiger partial charge in [0.2, 0.25) is 5.28 Å². The van der Waals surface area contributed by atoms with Crippen LogP contribution in [-0.2, 0) is 6.42 Å². The second kappa shape index (κ2) is 4.44. The summed E-state index contributed by atoms with van der Waals surface area (Å²) in [6.45, 7) is 4.00. The maximum atomic E-state index is 6.15. The summed E-state index contributed by atoms with van der Waals surface area (Å²) in [5, 5.41) is 8.84. The molecule has 2 rings (SSSR count). The summed E-state index contributed by atoms with van der Waals surface area (Å²) in [6.07, 6.45) is 0.754. The maximum absolute atomic E-state index is 6.15. The van der Waals surface area contributed by atoms with Crippen molar-refractivity contribution >= 4 is 23.2 Å². The van der Waals surface area contributed by atoms with Crippen molar-refractivity contribution in [1.29, 1.82) is 0 Å². The number of aromatic nitrogens is 3. The number of aryl methyl sites for hydroxylation is 2. The lowest BCUT2D eigenvalue weighted by molar-refractivity contribution is 0.882. The van der Waals surface area contributed by atoms with Gasteiger partial charge < -0.3 is 0 Å². The highest BCUT2D eigenvalue weighted by Crippen LogP contribution is 2.25. The Balaban J connectivity index is 2.66. The minimum absolute atomic E-state index is 0.337. The molecule has 0 aliphatic rings. The molecule has 0 aliphatic carbocycles. The van der Waals surface area contributed by atoms with Crippen LogP contribution in [-0.4, -0.2) is 14.8 Å². The molecule has 2 aromatic rings. The van der Waals surface area contributed by atoms with Crippen LogP contribution in [0.25, 0.3) is 5.69 Å². The van der Waals surface area contributed by atoms with E-state index in [0.717, 1.165) is 23.5 Å². The number of nitrogens with zero attached hydrogens (tertiary/aromatic N) is 3. The van der Waals surface area contributed by atoms with Gasteiger partial charge in [-0.15, -0.1) is 10.2 Å². The standard InChI is InChI=1S/C11H11Cl2N3/c1-3-10-14-15-11(13)16(10)9-6-7(2)4-5-8(9)12/h4-6H,3H2,1-2H3. The second-order valence-corrected chi connectivity index (χ2v) is 4.27. The molecule has 0 saturated heterocycles. The lowest BCUT2D eigenvalue weighted by Crippen LogP contribution is -2.01. The quantitative estimate of drug-likeness (QED) is 0.823. The van der Waals surface area contributed by atoms with Crippen LogP contribution in [0.5, 0.6) is 0 Å². The lowest BCUT2D eigenvalue weighted by atomic mass is 10.2. The van der Waals surface area contributed by atoms with E-state index < -0.39 is 0 Å². The summed E-state index contributed by atoms with van der Waals surface area (Å²) < 4.78 is 1.77. The molecule has 1 heterocycles. The van der Waals surface area contributed by atoms with Crippen LogP contribution >= 0.6 is 23.2 Å². The third-order valence-electron chi connectivity index (χ3n) is 2.35. The van der Waals surface area contributed by atoms with Gasteiger partial charge in [0.1, 0.15) is 5.82 Å². The van der Waals surface area contributed by atoms with Crippen LogP contribution < -0.4 is 0 Å². The first kappa shape index (κ1) is 11.4. The molecule has 0 bridgehead atoms. The van der Waals surface area contributed by atoms with E-state index in [9.17, 15) is 0 Å². The van der Waals surface area contributed by atoms with Crippen LogP contribution in [0.1, 0.15) is 18.3 Å². The SMILES string of the molecule is CCc1nnc(Cl)n1-c1cc(C)ccc1Cl. The molecule has 0 spiro atoms. The normalized spacial score (nSPS) is 10.8. The maximum Gasteiger partial charge on any atom is 0.229 e. The summed E-state index contributed by atoms with van der Waals surface area (Å²) in [4.78, 5) is 0. The smallest absolute Gasteiger partial charge is 0.229 e. The Kier molecular flexibility index (Phi) is 3.17. The average molecular weight is 256 g/mol. The van der Waals surface area contributed by atoms with E-state index in [1.165, 1.54) is 0 Å². The van der Waals surface area contributed by atoms with Crippen molar-refractivity contribution in [1.82, 2.24) is 14.8 Å². The van der Waals surface area contributed by atoms with E-state index in [1.807, 2.05) is 32.0 Å². The number of benzene rings is 1. The van der Waals surface area contributed by atoms with Gasteiger partial charge in [0.05, 0.1) is 10.7 Å². The fourth-order valence-electron chi connectivity index (χ4n) is 1.56. The summed E-state index contributed by atoms with van der Waals surface area (Å²) >= 11 is 12.2. The predicted octanol–water partition coefficient (Wildman–Crippen LogP) is 3.44. The van der Waals surface area contributed by atoms with Gasteiger partial charge >= 0.3 is 0 Å². The predicted molar refractivity (Wildman–Crippen MR) is 65.5 cm³/mol. The summed E-state index contributed by atoms with van der Waals surface area (Å²) in [6, 6.07) is 5.77. The highest BCUT2D eigenvalue weighted by molar-refractivity contribution is 6.33. The van der Waals surface area contributed by atoms with Crippen molar-refractivity contribution in [2.45, 2.75) is 20.3 Å². The van der Waals surface area contributed by atoms with Crippen LogP contribution in [0.15, 0.2) is 18.2 Å². The molecule has 16 heavy (non-hydrogen) atoms. The molecule has 0 saturated carbocycles. The molecule has 1 aromatic heterocycles. The van der Waals surface area contributed by atoms with Crippen LogP contribution in [0.3, 0.4) is 0 Å². The van der Waals surface area contributed by atoms with Crippen LogP contribution in [0.4, 0.5) is 0 Å². The van der Waals surface area contributed by atoms with Crippen molar-refractivity contribution in [3.8, 4) is 5.69 Å². The van der Waals surface area contributed by atoms with Gasteiger partial charge in [-0.3, -0.25) is 4.57 Å². The Bertz CT molecular complexity index is 520. The minimum Gasteiger partial charge on any atom is -0.268 e. The highest BCUT2D eigenvalue weighted by Gasteiger charge is 2.13. The molecule has 0 N–H and O–H groups in total. The topological polar surface area (TPSA) is 30.7 Å². The lowest BCUT2D eigenvalue weighted by Gasteiger charge is -2.09. The third kappa shape index (κ3) is 1.93. The van der Waals surface area contributed by atoms with Crippen molar-refractivity contribution in [2.24, 2.45) is 0 Å². The van der Waals surface area contributed by atoms with Gasteiger partial charge in [-0.2, -0.15) is 0 Å².